The number of benzene rings is 3. The molecule has 3 aromatic carbocycles. The molecule has 0 radical (unpaired) electrons. The van der Waals surface area contributed by atoms with Crippen LogP contribution in [0, 0.1) is 0 Å². The number of rotatable bonds is 5. The van der Waals surface area contributed by atoms with Crippen LogP contribution in [0.4, 0.5) is 10.5 Å². The van der Waals surface area contributed by atoms with Crippen LogP contribution in [0.5, 0.6) is 0 Å². The molecule has 2 aliphatic heterocycles. The molecule has 2 heterocycles. The first-order valence-corrected chi connectivity index (χ1v) is 12.1. The Labute approximate surface area is 200 Å². The normalized spacial score (nSPS) is 19.5. The molecule has 3 aromatic rings. The quantitative estimate of drug-likeness (QED) is 0.402. The lowest BCUT2D eigenvalue weighted by Crippen LogP contribution is -2.29. The summed E-state index contributed by atoms with van der Waals surface area (Å²) in [7, 11) is 0. The number of piperidine rings is 1. The van der Waals surface area contributed by atoms with Crippen molar-refractivity contribution in [3.8, 4) is 11.1 Å². The fourth-order valence-electron chi connectivity index (χ4n) is 4.80. The number of hydrogen-bond donors (Lipinski definition) is 0. The summed E-state index contributed by atoms with van der Waals surface area (Å²) in [4.78, 5) is 16.8. The van der Waals surface area contributed by atoms with Gasteiger partial charge in [-0.25, -0.2) is 4.79 Å². The van der Waals surface area contributed by atoms with E-state index < -0.39 is 0 Å². The Morgan fingerprint density at radius 1 is 0.848 bits per heavy atom. The van der Waals surface area contributed by atoms with Crippen LogP contribution < -0.4 is 4.90 Å². The Morgan fingerprint density at radius 2 is 1.45 bits per heavy atom. The molecule has 0 saturated carbocycles. The first kappa shape index (κ1) is 21.8. The Bertz CT molecular complexity index is 1090. The van der Waals surface area contributed by atoms with Crippen molar-refractivity contribution in [3.63, 3.8) is 0 Å². The number of cyclic esters (lactones) is 1. The summed E-state index contributed by atoms with van der Waals surface area (Å²) in [5.74, 6) is 0. The number of hydrogen-bond acceptors (Lipinski definition) is 3. The molecule has 1 unspecified atom stereocenters. The first-order valence-electron chi connectivity index (χ1n) is 11.8. The number of carbonyl (C=O) groups excluding carboxylic acids is 1. The lowest BCUT2D eigenvalue weighted by atomic mass is 10.00. The minimum atomic E-state index is -0.278. The standard InChI is InChI=1S/C28H29ClN2O2/c1-20(31-19-27(33-28(31)32)24-9-13-25(29)14-10-24)21-5-7-22(8-6-21)23-11-15-26(16-12-23)30-17-3-2-4-18-30/h5-16,20,27H,2-4,17-19H2,1H3/t20?,27-/m0/s1. The van der Waals surface area contributed by atoms with Gasteiger partial charge in [-0.15, -0.1) is 0 Å². The molecule has 33 heavy (non-hydrogen) atoms. The maximum Gasteiger partial charge on any atom is 0.411 e. The van der Waals surface area contributed by atoms with Crippen LogP contribution in [0.3, 0.4) is 0 Å². The minimum Gasteiger partial charge on any atom is -0.439 e. The maximum atomic E-state index is 12.6. The highest BCUT2D eigenvalue weighted by atomic mass is 35.5. The minimum absolute atomic E-state index is 0.0645. The molecule has 5 rings (SSSR count). The zero-order valence-electron chi connectivity index (χ0n) is 18.9. The molecule has 2 aliphatic rings. The third kappa shape index (κ3) is 4.72. The number of amides is 1. The Balaban J connectivity index is 1.26. The molecular weight excluding hydrogens is 432 g/mol. The monoisotopic (exact) mass is 460 g/mol. The van der Waals surface area contributed by atoms with Crippen LogP contribution in [0.25, 0.3) is 11.1 Å². The van der Waals surface area contributed by atoms with Crippen LogP contribution in [-0.2, 0) is 4.74 Å². The van der Waals surface area contributed by atoms with Crippen molar-refractivity contribution < 1.29 is 9.53 Å². The van der Waals surface area contributed by atoms with E-state index in [1.165, 1.54) is 36.1 Å². The van der Waals surface area contributed by atoms with Gasteiger partial charge in [0, 0.05) is 23.8 Å². The highest BCUT2D eigenvalue weighted by molar-refractivity contribution is 6.30. The molecule has 2 atom stereocenters. The predicted octanol–water partition coefficient (Wildman–Crippen LogP) is 7.25. The van der Waals surface area contributed by atoms with Gasteiger partial charge in [0.25, 0.3) is 0 Å². The molecule has 5 heteroatoms. The molecule has 0 N–H and O–H groups in total. The largest absolute Gasteiger partial charge is 0.439 e. The zero-order valence-corrected chi connectivity index (χ0v) is 19.7. The molecule has 2 saturated heterocycles. The highest BCUT2D eigenvalue weighted by Gasteiger charge is 2.35. The summed E-state index contributed by atoms with van der Waals surface area (Å²) in [5, 5.41) is 0.675. The van der Waals surface area contributed by atoms with Crippen molar-refractivity contribution in [3.05, 3.63) is 88.9 Å². The highest BCUT2D eigenvalue weighted by Crippen LogP contribution is 2.34. The molecular formula is C28H29ClN2O2. The van der Waals surface area contributed by atoms with E-state index in [-0.39, 0.29) is 18.2 Å². The van der Waals surface area contributed by atoms with Gasteiger partial charge in [-0.2, -0.15) is 0 Å². The molecule has 2 fully saturated rings. The average Bonchev–Trinajstić information content (AvgIpc) is 3.26. The number of carbonyl (C=O) groups is 1. The van der Waals surface area contributed by atoms with Crippen LogP contribution in [0.1, 0.15) is 49.5 Å². The van der Waals surface area contributed by atoms with Gasteiger partial charge in [0.1, 0.15) is 6.10 Å². The lowest BCUT2D eigenvalue weighted by Gasteiger charge is -2.28. The van der Waals surface area contributed by atoms with Gasteiger partial charge in [0.2, 0.25) is 0 Å². The molecule has 0 aromatic heterocycles. The van der Waals surface area contributed by atoms with E-state index in [4.69, 9.17) is 16.3 Å². The summed E-state index contributed by atoms with van der Waals surface area (Å²) < 4.78 is 5.64. The average molecular weight is 461 g/mol. The number of nitrogens with zero attached hydrogens (tertiary/aromatic N) is 2. The summed E-state index contributed by atoms with van der Waals surface area (Å²) in [6, 6.07) is 24.8. The van der Waals surface area contributed by atoms with Crippen LogP contribution in [-0.4, -0.2) is 30.6 Å². The Kier molecular flexibility index (Phi) is 6.28. The zero-order chi connectivity index (χ0) is 22.8. The van der Waals surface area contributed by atoms with Gasteiger partial charge >= 0.3 is 6.09 Å². The fraction of sp³-hybridized carbons (Fsp3) is 0.321. The third-order valence-corrected chi connectivity index (χ3v) is 7.12. The van der Waals surface area contributed by atoms with Crippen molar-refractivity contribution >= 4 is 23.4 Å². The van der Waals surface area contributed by atoms with E-state index in [9.17, 15) is 4.79 Å². The summed E-state index contributed by atoms with van der Waals surface area (Å²) in [6.45, 7) is 4.89. The van der Waals surface area contributed by atoms with Crippen molar-refractivity contribution in [1.29, 1.82) is 0 Å². The Morgan fingerprint density at radius 3 is 2.09 bits per heavy atom. The van der Waals surface area contributed by atoms with Crippen molar-refractivity contribution in [1.82, 2.24) is 4.90 Å². The number of anilines is 1. The molecule has 0 aliphatic carbocycles. The van der Waals surface area contributed by atoms with Crippen LogP contribution in [0.2, 0.25) is 5.02 Å². The van der Waals surface area contributed by atoms with Crippen molar-refractivity contribution in [2.24, 2.45) is 0 Å². The van der Waals surface area contributed by atoms with Crippen LogP contribution in [0.15, 0.2) is 72.8 Å². The van der Waals surface area contributed by atoms with E-state index in [1.807, 2.05) is 31.2 Å². The van der Waals surface area contributed by atoms with E-state index in [0.29, 0.717) is 11.6 Å². The lowest BCUT2D eigenvalue weighted by molar-refractivity contribution is 0.129. The second-order valence-electron chi connectivity index (χ2n) is 8.97. The van der Waals surface area contributed by atoms with Gasteiger partial charge in [-0.05, 0) is 72.7 Å². The van der Waals surface area contributed by atoms with E-state index in [2.05, 4.69) is 53.4 Å². The van der Waals surface area contributed by atoms with E-state index in [0.717, 1.165) is 24.2 Å². The van der Waals surface area contributed by atoms with Crippen molar-refractivity contribution in [2.75, 3.05) is 24.5 Å². The Hall–Kier alpha value is -2.98. The van der Waals surface area contributed by atoms with Crippen molar-refractivity contribution in [2.45, 2.75) is 38.3 Å². The van der Waals surface area contributed by atoms with Gasteiger partial charge in [-0.3, -0.25) is 4.90 Å². The number of ether oxygens (including phenoxy) is 1. The van der Waals surface area contributed by atoms with Gasteiger partial charge < -0.3 is 9.64 Å². The molecule has 4 nitrogen and oxygen atoms in total. The van der Waals surface area contributed by atoms with E-state index >= 15 is 0 Å². The predicted molar refractivity (Wildman–Crippen MR) is 134 cm³/mol. The third-order valence-electron chi connectivity index (χ3n) is 6.86. The maximum absolute atomic E-state index is 12.6. The first-order chi connectivity index (χ1) is 16.1. The van der Waals surface area contributed by atoms with E-state index in [1.54, 1.807) is 4.90 Å². The SMILES string of the molecule is CC(c1ccc(-c2ccc(N3CCCCC3)cc2)cc1)N1C[C@@H](c2ccc(Cl)cc2)OC1=O. The molecule has 0 bridgehead atoms. The van der Waals surface area contributed by atoms with Gasteiger partial charge in [-0.1, -0.05) is 60.1 Å². The summed E-state index contributed by atoms with van der Waals surface area (Å²) >= 11 is 5.99. The molecule has 0 spiro atoms. The smallest absolute Gasteiger partial charge is 0.411 e. The molecule has 170 valence electrons. The molecule has 1 amide bonds. The second kappa shape index (κ2) is 9.48. The fourth-order valence-corrected chi connectivity index (χ4v) is 4.92. The topological polar surface area (TPSA) is 32.8 Å². The summed E-state index contributed by atoms with van der Waals surface area (Å²) in [6.07, 6.45) is 3.37. The number of halogens is 1. The van der Waals surface area contributed by atoms with Gasteiger partial charge in [0.15, 0.2) is 0 Å². The van der Waals surface area contributed by atoms with Crippen LogP contribution >= 0.6 is 11.6 Å². The second-order valence-corrected chi connectivity index (χ2v) is 9.41. The van der Waals surface area contributed by atoms with Gasteiger partial charge in [0.05, 0.1) is 12.6 Å². The summed E-state index contributed by atoms with van der Waals surface area (Å²) in [5.41, 5.74) is 5.76.